The van der Waals surface area contributed by atoms with Crippen molar-refractivity contribution in [2.75, 3.05) is 11.9 Å². The van der Waals surface area contributed by atoms with Gasteiger partial charge in [-0.15, -0.1) is 0 Å². The minimum atomic E-state index is -0.231. The molecule has 2 rings (SSSR count). The SMILES string of the molecule is CC(=O)NC(=S)N(C)c1ccccc1C(=O)NC1CCCCC1. The number of thiocarbonyl (C=S) groups is 1. The zero-order valence-electron chi connectivity index (χ0n) is 13.6. The van der Waals surface area contributed by atoms with E-state index in [9.17, 15) is 9.59 Å². The van der Waals surface area contributed by atoms with E-state index in [1.54, 1.807) is 18.0 Å². The van der Waals surface area contributed by atoms with Crippen molar-refractivity contribution < 1.29 is 9.59 Å². The highest BCUT2D eigenvalue weighted by Crippen LogP contribution is 2.22. The lowest BCUT2D eigenvalue weighted by molar-refractivity contribution is -0.117. The molecule has 0 radical (unpaired) electrons. The molecule has 0 heterocycles. The molecular weight excluding hydrogens is 310 g/mol. The van der Waals surface area contributed by atoms with Crippen molar-refractivity contribution in [3.63, 3.8) is 0 Å². The summed E-state index contributed by atoms with van der Waals surface area (Å²) in [5, 5.41) is 5.96. The first-order valence-corrected chi connectivity index (χ1v) is 8.35. The summed E-state index contributed by atoms with van der Waals surface area (Å²) in [5.41, 5.74) is 1.24. The highest BCUT2D eigenvalue weighted by molar-refractivity contribution is 7.80. The molecule has 1 aromatic rings. The Balaban J connectivity index is 2.14. The number of carbonyl (C=O) groups excluding carboxylic acids is 2. The van der Waals surface area contributed by atoms with E-state index in [0.717, 1.165) is 12.8 Å². The predicted molar refractivity (Wildman–Crippen MR) is 95.6 cm³/mol. The largest absolute Gasteiger partial charge is 0.349 e. The van der Waals surface area contributed by atoms with Gasteiger partial charge < -0.3 is 15.5 Å². The number of hydrogen-bond donors (Lipinski definition) is 2. The molecule has 0 aromatic heterocycles. The van der Waals surface area contributed by atoms with Crippen molar-refractivity contribution in [2.24, 2.45) is 0 Å². The number of nitrogens with one attached hydrogen (secondary N) is 2. The van der Waals surface area contributed by atoms with Gasteiger partial charge in [-0.2, -0.15) is 0 Å². The molecular formula is C17H23N3O2S. The smallest absolute Gasteiger partial charge is 0.253 e. The Hall–Kier alpha value is -1.95. The summed E-state index contributed by atoms with van der Waals surface area (Å²) in [4.78, 5) is 25.4. The van der Waals surface area contributed by atoms with Crippen molar-refractivity contribution in [1.29, 1.82) is 0 Å². The van der Waals surface area contributed by atoms with Crippen LogP contribution in [0.2, 0.25) is 0 Å². The number of hydrogen-bond acceptors (Lipinski definition) is 3. The van der Waals surface area contributed by atoms with E-state index >= 15 is 0 Å². The van der Waals surface area contributed by atoms with Crippen LogP contribution in [0.3, 0.4) is 0 Å². The average Bonchev–Trinajstić information content (AvgIpc) is 2.54. The molecule has 1 aromatic carbocycles. The second kappa shape index (κ2) is 8.06. The van der Waals surface area contributed by atoms with Crippen LogP contribution in [0, 0.1) is 0 Å². The first-order valence-electron chi connectivity index (χ1n) is 7.94. The molecule has 2 amide bonds. The summed E-state index contributed by atoms with van der Waals surface area (Å²) < 4.78 is 0. The van der Waals surface area contributed by atoms with E-state index in [1.807, 2.05) is 18.2 Å². The van der Waals surface area contributed by atoms with Gasteiger partial charge in [0.2, 0.25) is 5.91 Å². The van der Waals surface area contributed by atoms with Crippen molar-refractivity contribution in [1.82, 2.24) is 10.6 Å². The summed E-state index contributed by atoms with van der Waals surface area (Å²) in [5.74, 6) is -0.323. The van der Waals surface area contributed by atoms with Crippen molar-refractivity contribution in [2.45, 2.75) is 45.1 Å². The zero-order valence-corrected chi connectivity index (χ0v) is 14.4. The quantitative estimate of drug-likeness (QED) is 0.835. The Morgan fingerprint density at radius 2 is 1.83 bits per heavy atom. The van der Waals surface area contributed by atoms with Gasteiger partial charge in [0.1, 0.15) is 0 Å². The number of carbonyl (C=O) groups is 2. The highest BCUT2D eigenvalue weighted by Gasteiger charge is 2.20. The zero-order chi connectivity index (χ0) is 16.8. The van der Waals surface area contributed by atoms with Gasteiger partial charge in [-0.25, -0.2) is 0 Å². The Bertz CT molecular complexity index is 597. The van der Waals surface area contributed by atoms with Crippen LogP contribution in [-0.4, -0.2) is 30.0 Å². The van der Waals surface area contributed by atoms with Gasteiger partial charge in [-0.1, -0.05) is 31.4 Å². The number of amides is 2. The number of nitrogens with zero attached hydrogens (tertiary/aromatic N) is 1. The van der Waals surface area contributed by atoms with Crippen molar-refractivity contribution >= 4 is 34.8 Å². The second-order valence-corrected chi connectivity index (χ2v) is 6.26. The Kier molecular flexibility index (Phi) is 6.10. The third-order valence-electron chi connectivity index (χ3n) is 4.04. The van der Waals surface area contributed by atoms with Crippen LogP contribution in [0.5, 0.6) is 0 Å². The molecule has 0 spiro atoms. The maximum atomic E-state index is 12.6. The molecule has 0 bridgehead atoms. The number of rotatable bonds is 3. The molecule has 1 fully saturated rings. The van der Waals surface area contributed by atoms with Crippen molar-refractivity contribution in [3.05, 3.63) is 29.8 Å². The lowest BCUT2D eigenvalue weighted by atomic mass is 9.95. The lowest BCUT2D eigenvalue weighted by Crippen LogP contribution is -2.41. The Morgan fingerprint density at radius 3 is 2.48 bits per heavy atom. The van der Waals surface area contributed by atoms with Crippen LogP contribution in [0.15, 0.2) is 24.3 Å². The minimum Gasteiger partial charge on any atom is -0.349 e. The average molecular weight is 333 g/mol. The molecule has 23 heavy (non-hydrogen) atoms. The van der Waals surface area contributed by atoms with Crippen LogP contribution < -0.4 is 15.5 Å². The maximum absolute atomic E-state index is 12.6. The van der Waals surface area contributed by atoms with Gasteiger partial charge in [-0.3, -0.25) is 9.59 Å². The molecule has 0 unspecified atom stereocenters. The third kappa shape index (κ3) is 4.76. The van der Waals surface area contributed by atoms with Gasteiger partial charge in [0.05, 0.1) is 11.3 Å². The van der Waals surface area contributed by atoms with Gasteiger partial charge >= 0.3 is 0 Å². The second-order valence-electron chi connectivity index (χ2n) is 5.87. The maximum Gasteiger partial charge on any atom is 0.253 e. The molecule has 5 nitrogen and oxygen atoms in total. The summed E-state index contributed by atoms with van der Waals surface area (Å²) in [6.07, 6.45) is 5.65. The van der Waals surface area contributed by atoms with E-state index < -0.39 is 0 Å². The van der Waals surface area contributed by atoms with Crippen LogP contribution in [0.1, 0.15) is 49.4 Å². The summed E-state index contributed by atoms with van der Waals surface area (Å²) in [6.45, 7) is 1.40. The Morgan fingerprint density at radius 1 is 1.17 bits per heavy atom. The lowest BCUT2D eigenvalue weighted by Gasteiger charge is -2.25. The molecule has 0 atom stereocenters. The molecule has 1 aliphatic rings. The summed E-state index contributed by atoms with van der Waals surface area (Å²) >= 11 is 5.20. The van der Waals surface area contributed by atoms with Crippen molar-refractivity contribution in [3.8, 4) is 0 Å². The monoisotopic (exact) mass is 333 g/mol. The first kappa shape index (κ1) is 17.4. The highest BCUT2D eigenvalue weighted by atomic mass is 32.1. The van der Waals surface area contributed by atoms with Gasteiger partial charge in [0, 0.05) is 20.0 Å². The Labute approximate surface area is 142 Å². The first-order chi connectivity index (χ1) is 11.0. The van der Waals surface area contributed by atoms with E-state index in [0.29, 0.717) is 11.3 Å². The van der Waals surface area contributed by atoms with E-state index in [1.165, 1.54) is 26.2 Å². The molecule has 2 N–H and O–H groups in total. The van der Waals surface area contributed by atoms with Gasteiger partial charge in [0.15, 0.2) is 5.11 Å². The fourth-order valence-corrected chi connectivity index (χ4v) is 3.05. The molecule has 1 aliphatic carbocycles. The molecule has 0 aliphatic heterocycles. The van der Waals surface area contributed by atoms with E-state index in [4.69, 9.17) is 12.2 Å². The number of anilines is 1. The third-order valence-corrected chi connectivity index (χ3v) is 4.41. The van der Waals surface area contributed by atoms with Gasteiger partial charge in [-0.05, 0) is 37.2 Å². The van der Waals surface area contributed by atoms with Crippen LogP contribution in [-0.2, 0) is 4.79 Å². The molecule has 1 saturated carbocycles. The molecule has 6 heteroatoms. The topological polar surface area (TPSA) is 61.4 Å². The van der Waals surface area contributed by atoms with Crippen LogP contribution >= 0.6 is 12.2 Å². The number of benzene rings is 1. The van der Waals surface area contributed by atoms with E-state index in [2.05, 4.69) is 10.6 Å². The van der Waals surface area contributed by atoms with E-state index in [-0.39, 0.29) is 23.0 Å². The fourth-order valence-electron chi connectivity index (χ4n) is 2.81. The normalized spacial score (nSPS) is 14.9. The number of para-hydroxylation sites is 1. The molecule has 124 valence electrons. The van der Waals surface area contributed by atoms with Crippen LogP contribution in [0.25, 0.3) is 0 Å². The summed E-state index contributed by atoms with van der Waals surface area (Å²) in [6, 6.07) is 7.52. The molecule has 0 saturated heterocycles. The van der Waals surface area contributed by atoms with Gasteiger partial charge in [0.25, 0.3) is 5.91 Å². The predicted octanol–water partition coefficient (Wildman–Crippen LogP) is 2.61. The minimum absolute atomic E-state index is 0.0926. The fraction of sp³-hybridized carbons (Fsp3) is 0.471. The summed E-state index contributed by atoms with van der Waals surface area (Å²) in [7, 11) is 1.74. The standard InChI is InChI=1S/C17H23N3O2S/c1-12(21)18-17(23)20(2)15-11-7-6-10-14(15)16(22)19-13-8-4-3-5-9-13/h6-7,10-11,13H,3-5,8-9H2,1-2H3,(H,19,22)(H,18,21,23). The van der Waals surface area contributed by atoms with Crippen LogP contribution in [0.4, 0.5) is 5.69 Å².